The maximum Gasteiger partial charge on any atom is 0.407 e. The number of esters is 4. The minimum Gasteiger partial charge on any atom is -0.466 e. The lowest BCUT2D eigenvalue weighted by molar-refractivity contribution is -0.214. The molecule has 1 amide bonds. The number of nitrogens with one attached hydrogen (secondary N) is 1. The van der Waals surface area contributed by atoms with Gasteiger partial charge in [-0.15, -0.1) is 0 Å². The van der Waals surface area contributed by atoms with Gasteiger partial charge in [-0.3, -0.25) is 14.4 Å². The molecule has 13 heteroatoms. The predicted octanol–water partition coefficient (Wildman–Crippen LogP) is 1.65. The van der Waals surface area contributed by atoms with Crippen LogP contribution in [0.4, 0.5) is 4.79 Å². The fraction of sp³-hybridized carbons (Fsp3) is 0.542. The molecule has 6 atom stereocenters. The summed E-state index contributed by atoms with van der Waals surface area (Å²) in [5.41, 5.74) is 0.998. The highest BCUT2D eigenvalue weighted by molar-refractivity contribution is 8.01. The zero-order chi connectivity index (χ0) is 27.3. The van der Waals surface area contributed by atoms with Crippen molar-refractivity contribution in [3.8, 4) is 0 Å². The number of hydrogen-bond acceptors (Lipinski definition) is 12. The Morgan fingerprint density at radius 3 is 2.30 bits per heavy atom. The topological polar surface area (TPSA) is 153 Å². The van der Waals surface area contributed by atoms with Crippen LogP contribution >= 0.6 is 11.8 Å². The molecule has 1 aromatic rings. The molecule has 0 aromatic heterocycles. The van der Waals surface area contributed by atoms with Gasteiger partial charge in [0.05, 0.1) is 13.2 Å². The fourth-order valence-electron chi connectivity index (χ4n) is 4.16. The number of carbonyl (C=O) groups is 5. The van der Waals surface area contributed by atoms with Crippen molar-refractivity contribution in [3.63, 3.8) is 0 Å². The minimum absolute atomic E-state index is 0.0902. The lowest BCUT2D eigenvalue weighted by Gasteiger charge is -2.45. The Morgan fingerprint density at radius 2 is 1.73 bits per heavy atom. The van der Waals surface area contributed by atoms with E-state index >= 15 is 0 Å². The minimum atomic E-state index is -1.73. The Morgan fingerprint density at radius 1 is 1.08 bits per heavy atom. The maximum absolute atomic E-state index is 13.2. The van der Waals surface area contributed by atoms with Crippen LogP contribution in [0.5, 0.6) is 0 Å². The second kappa shape index (κ2) is 11.8. The van der Waals surface area contributed by atoms with Crippen molar-refractivity contribution in [1.82, 2.24) is 5.32 Å². The van der Waals surface area contributed by atoms with Gasteiger partial charge in [-0.2, -0.15) is 0 Å². The van der Waals surface area contributed by atoms with Gasteiger partial charge in [0.2, 0.25) is 4.93 Å². The highest BCUT2D eigenvalue weighted by atomic mass is 32.2. The van der Waals surface area contributed by atoms with Crippen LogP contribution in [-0.4, -0.2) is 79.1 Å². The quantitative estimate of drug-likeness (QED) is 0.359. The molecule has 0 spiro atoms. The lowest BCUT2D eigenvalue weighted by Crippen LogP contribution is -2.64. The number of carbonyl (C=O) groups excluding carboxylic acids is 5. The summed E-state index contributed by atoms with van der Waals surface area (Å²) in [6, 6.07) is 6.39. The summed E-state index contributed by atoms with van der Waals surface area (Å²) in [5, 5.41) is 2.61. The normalized spacial score (nSPS) is 26.0. The van der Waals surface area contributed by atoms with Crippen LogP contribution in [0.25, 0.3) is 0 Å². The van der Waals surface area contributed by atoms with Crippen LogP contribution in [0.2, 0.25) is 0 Å². The molecule has 0 saturated carbocycles. The number of aryl methyl sites for hydroxylation is 1. The number of hydrogen-bond donors (Lipinski definition) is 1. The molecule has 3 rings (SSSR count). The first-order valence-corrected chi connectivity index (χ1v) is 12.2. The van der Waals surface area contributed by atoms with Crippen LogP contribution in [0.3, 0.4) is 0 Å². The number of amides is 1. The Labute approximate surface area is 217 Å². The van der Waals surface area contributed by atoms with E-state index in [-0.39, 0.29) is 6.42 Å². The number of thioether (sulfide) groups is 1. The summed E-state index contributed by atoms with van der Waals surface area (Å²) in [6.07, 6.45) is -5.76. The van der Waals surface area contributed by atoms with E-state index in [0.717, 1.165) is 38.1 Å². The third-order valence-corrected chi connectivity index (χ3v) is 6.92. The first kappa shape index (κ1) is 28.3. The summed E-state index contributed by atoms with van der Waals surface area (Å²) >= 11 is 1.04. The summed E-state index contributed by atoms with van der Waals surface area (Å²) in [5.74, 6) is -2.95. The van der Waals surface area contributed by atoms with Crippen LogP contribution in [0, 0.1) is 6.92 Å². The molecular weight excluding hydrogens is 510 g/mol. The van der Waals surface area contributed by atoms with Gasteiger partial charge >= 0.3 is 30.0 Å². The standard InChI is InChI=1S/C24H29NO11S/c1-12-6-8-16(9-7-12)37-24(22(29)31-5)10-17-19(25-23(30)35-17)21(36-24)20(34-15(4)28)18(33-14(3)27)11-32-13(2)26/h6-9,17-21H,10-11H2,1-5H3,(H,25,30)/t17-,18+,19+,20+,21+,24-/m0/s1. The van der Waals surface area contributed by atoms with Crippen LogP contribution < -0.4 is 5.32 Å². The molecule has 2 saturated heterocycles. The molecule has 2 aliphatic heterocycles. The Kier molecular flexibility index (Phi) is 9.02. The first-order chi connectivity index (χ1) is 17.4. The molecular formula is C24H29NO11S. The molecule has 202 valence electrons. The second-order valence-corrected chi connectivity index (χ2v) is 9.92. The van der Waals surface area contributed by atoms with Gasteiger partial charge in [-0.1, -0.05) is 29.5 Å². The summed E-state index contributed by atoms with van der Waals surface area (Å²) in [7, 11) is 1.19. The highest BCUT2D eigenvalue weighted by Gasteiger charge is 2.60. The molecule has 0 aliphatic carbocycles. The number of benzene rings is 1. The summed E-state index contributed by atoms with van der Waals surface area (Å²) in [4.78, 5) is 59.8. The van der Waals surface area contributed by atoms with Gasteiger partial charge in [-0.05, 0) is 19.1 Å². The SMILES string of the molecule is COC(=O)[C@@]1(Sc2ccc(C)cc2)C[C@@H]2OC(=O)N[C@H]2[C@H]([C@H](OC(C)=O)[C@@H](COC(C)=O)OC(C)=O)O1. The maximum atomic E-state index is 13.2. The average Bonchev–Trinajstić information content (AvgIpc) is 3.20. The molecule has 1 aromatic carbocycles. The van der Waals surface area contributed by atoms with Crippen LogP contribution in [-0.2, 0) is 47.6 Å². The van der Waals surface area contributed by atoms with Crippen molar-refractivity contribution in [1.29, 1.82) is 0 Å². The number of ether oxygens (including phenoxy) is 6. The first-order valence-electron chi connectivity index (χ1n) is 11.4. The van der Waals surface area contributed by atoms with E-state index in [0.29, 0.717) is 4.90 Å². The van der Waals surface area contributed by atoms with Crippen molar-refractivity contribution in [2.45, 2.75) is 74.4 Å². The number of alkyl carbamates (subject to hydrolysis) is 1. The largest absolute Gasteiger partial charge is 0.466 e. The zero-order valence-electron chi connectivity index (χ0n) is 21.0. The highest BCUT2D eigenvalue weighted by Crippen LogP contribution is 2.46. The third-order valence-electron chi connectivity index (χ3n) is 5.65. The van der Waals surface area contributed by atoms with Gasteiger partial charge in [0.25, 0.3) is 0 Å². The number of rotatable bonds is 9. The van der Waals surface area contributed by atoms with Crippen molar-refractivity contribution in [2.24, 2.45) is 0 Å². The van der Waals surface area contributed by atoms with E-state index in [1.807, 2.05) is 19.1 Å². The van der Waals surface area contributed by atoms with Crippen molar-refractivity contribution in [2.75, 3.05) is 13.7 Å². The Balaban J connectivity index is 2.07. The fourth-order valence-corrected chi connectivity index (χ4v) is 5.39. The molecule has 12 nitrogen and oxygen atoms in total. The van der Waals surface area contributed by atoms with Gasteiger partial charge in [0.15, 0.2) is 12.2 Å². The molecule has 37 heavy (non-hydrogen) atoms. The van der Waals surface area contributed by atoms with E-state index < -0.39 is 72.0 Å². The molecule has 2 aliphatic rings. The zero-order valence-corrected chi connectivity index (χ0v) is 21.8. The smallest absolute Gasteiger partial charge is 0.407 e. The Bertz CT molecular complexity index is 1050. The van der Waals surface area contributed by atoms with Gasteiger partial charge in [0, 0.05) is 32.1 Å². The lowest BCUT2D eigenvalue weighted by atomic mass is 9.90. The van der Waals surface area contributed by atoms with E-state index in [1.54, 1.807) is 12.1 Å². The van der Waals surface area contributed by atoms with E-state index in [1.165, 1.54) is 7.11 Å². The molecule has 2 fully saturated rings. The van der Waals surface area contributed by atoms with Crippen LogP contribution in [0.15, 0.2) is 29.2 Å². The molecule has 0 radical (unpaired) electrons. The molecule has 1 N–H and O–H groups in total. The molecule has 0 unspecified atom stereocenters. The van der Waals surface area contributed by atoms with Crippen LogP contribution in [0.1, 0.15) is 32.8 Å². The average molecular weight is 540 g/mol. The van der Waals surface area contributed by atoms with Crippen molar-refractivity contribution in [3.05, 3.63) is 29.8 Å². The molecule has 0 bridgehead atoms. The van der Waals surface area contributed by atoms with Gasteiger partial charge in [-0.25, -0.2) is 9.59 Å². The van der Waals surface area contributed by atoms with E-state index in [9.17, 15) is 24.0 Å². The summed E-state index contributed by atoms with van der Waals surface area (Å²) < 4.78 is 32.7. The number of methoxy groups -OCH3 is 1. The Hall–Kier alpha value is -3.32. The third kappa shape index (κ3) is 6.92. The van der Waals surface area contributed by atoms with Crippen molar-refractivity contribution >= 4 is 41.7 Å². The monoisotopic (exact) mass is 539 g/mol. The second-order valence-electron chi connectivity index (χ2n) is 8.58. The number of fused-ring (bicyclic) bond motifs is 1. The predicted molar refractivity (Wildman–Crippen MR) is 126 cm³/mol. The van der Waals surface area contributed by atoms with E-state index in [4.69, 9.17) is 28.4 Å². The van der Waals surface area contributed by atoms with E-state index in [2.05, 4.69) is 5.32 Å². The van der Waals surface area contributed by atoms with Crippen molar-refractivity contribution < 1.29 is 52.4 Å². The van der Waals surface area contributed by atoms with Gasteiger partial charge < -0.3 is 33.7 Å². The molecule has 2 heterocycles. The summed E-state index contributed by atoms with van der Waals surface area (Å²) in [6.45, 7) is 4.85. The van der Waals surface area contributed by atoms with Gasteiger partial charge in [0.1, 0.15) is 18.8 Å².